The van der Waals surface area contributed by atoms with Gasteiger partial charge in [0.2, 0.25) is 5.91 Å². The van der Waals surface area contributed by atoms with E-state index in [0.29, 0.717) is 13.2 Å². The van der Waals surface area contributed by atoms with E-state index < -0.39 is 0 Å². The number of amides is 1. The van der Waals surface area contributed by atoms with Gasteiger partial charge < -0.3 is 10.1 Å². The zero-order valence-electron chi connectivity index (χ0n) is 8.58. The zero-order valence-corrected chi connectivity index (χ0v) is 8.58. The second kappa shape index (κ2) is 5.66. The minimum atomic E-state index is -0.120. The minimum Gasteiger partial charge on any atom is -0.381 e. The number of nitrogens with one attached hydrogen (secondary N) is 1. The summed E-state index contributed by atoms with van der Waals surface area (Å²) in [5.41, 5.74) is 0. The number of carbonyl (C=O) groups is 1. The molecule has 1 fully saturated rings. The average molecular weight is 195 g/mol. The van der Waals surface area contributed by atoms with Crippen LogP contribution in [-0.4, -0.2) is 25.2 Å². The summed E-state index contributed by atoms with van der Waals surface area (Å²) < 4.78 is 5.19. The maximum absolute atomic E-state index is 11.7. The molecule has 1 saturated heterocycles. The third-order valence-corrected chi connectivity index (χ3v) is 2.52. The van der Waals surface area contributed by atoms with Gasteiger partial charge in [-0.05, 0) is 19.3 Å². The number of rotatable bonds is 3. The molecule has 1 amide bonds. The Labute approximate surface area is 85.2 Å². The zero-order chi connectivity index (χ0) is 10.4. The van der Waals surface area contributed by atoms with Gasteiger partial charge in [0.15, 0.2) is 0 Å². The van der Waals surface area contributed by atoms with E-state index in [2.05, 4.69) is 11.2 Å². The Morgan fingerprint density at radius 2 is 2.29 bits per heavy atom. The van der Waals surface area contributed by atoms with Crippen molar-refractivity contribution < 1.29 is 9.53 Å². The fourth-order valence-corrected chi connectivity index (χ4v) is 1.51. The summed E-state index contributed by atoms with van der Waals surface area (Å²) >= 11 is 0. The lowest BCUT2D eigenvalue weighted by atomic mass is 9.99. The van der Waals surface area contributed by atoms with Crippen LogP contribution < -0.4 is 5.32 Å². The van der Waals surface area contributed by atoms with E-state index in [1.807, 2.05) is 6.92 Å². The van der Waals surface area contributed by atoms with Gasteiger partial charge in [-0.15, -0.1) is 6.42 Å². The molecule has 1 atom stereocenters. The summed E-state index contributed by atoms with van der Waals surface area (Å²) in [6.07, 6.45) is 7.68. The van der Waals surface area contributed by atoms with Crippen molar-refractivity contribution in [3.05, 3.63) is 0 Å². The van der Waals surface area contributed by atoms with Crippen LogP contribution in [0.4, 0.5) is 0 Å². The minimum absolute atomic E-state index is 0.0816. The molecule has 1 N–H and O–H groups in total. The maximum Gasteiger partial charge on any atom is 0.224 e. The summed E-state index contributed by atoms with van der Waals surface area (Å²) in [5, 5.41) is 2.86. The molecule has 0 bridgehead atoms. The largest absolute Gasteiger partial charge is 0.381 e. The Morgan fingerprint density at radius 3 is 2.79 bits per heavy atom. The van der Waals surface area contributed by atoms with Crippen LogP contribution in [0.5, 0.6) is 0 Å². The van der Waals surface area contributed by atoms with Crippen molar-refractivity contribution in [2.45, 2.75) is 32.2 Å². The van der Waals surface area contributed by atoms with Crippen molar-refractivity contribution in [3.8, 4) is 12.3 Å². The highest BCUT2D eigenvalue weighted by molar-refractivity contribution is 5.79. The van der Waals surface area contributed by atoms with Crippen LogP contribution >= 0.6 is 0 Å². The quantitative estimate of drug-likeness (QED) is 0.681. The summed E-state index contributed by atoms with van der Waals surface area (Å²) in [6, 6.07) is -0.120. The van der Waals surface area contributed by atoms with Gasteiger partial charge in [-0.3, -0.25) is 4.79 Å². The Bertz CT molecular complexity index is 226. The lowest BCUT2D eigenvalue weighted by molar-refractivity contribution is -0.128. The molecule has 0 aromatic carbocycles. The molecular formula is C11H17NO2. The number of hydrogen-bond acceptors (Lipinski definition) is 2. The number of ether oxygens (including phenoxy) is 1. The molecule has 0 radical (unpaired) electrons. The molecule has 1 aliphatic heterocycles. The molecule has 1 aliphatic rings. The lowest BCUT2D eigenvalue weighted by Crippen LogP contribution is -2.39. The lowest BCUT2D eigenvalue weighted by Gasteiger charge is -2.22. The third-order valence-electron chi connectivity index (χ3n) is 2.52. The molecule has 0 aromatic heterocycles. The van der Waals surface area contributed by atoms with Gasteiger partial charge in [0, 0.05) is 19.1 Å². The molecule has 78 valence electrons. The van der Waals surface area contributed by atoms with E-state index in [-0.39, 0.29) is 17.9 Å². The van der Waals surface area contributed by atoms with Gasteiger partial charge in [0.1, 0.15) is 0 Å². The van der Waals surface area contributed by atoms with Gasteiger partial charge in [-0.1, -0.05) is 12.8 Å². The summed E-state index contributed by atoms with van der Waals surface area (Å²) in [7, 11) is 0. The van der Waals surface area contributed by atoms with Gasteiger partial charge >= 0.3 is 0 Å². The monoisotopic (exact) mass is 195 g/mol. The predicted molar refractivity (Wildman–Crippen MR) is 54.6 cm³/mol. The Kier molecular flexibility index (Phi) is 4.48. The predicted octanol–water partition coefficient (Wildman–Crippen LogP) is 0.941. The topological polar surface area (TPSA) is 38.3 Å². The van der Waals surface area contributed by atoms with Gasteiger partial charge in [0.05, 0.1) is 6.04 Å². The van der Waals surface area contributed by atoms with E-state index in [4.69, 9.17) is 11.2 Å². The molecule has 3 heteroatoms. The molecule has 14 heavy (non-hydrogen) atoms. The third kappa shape index (κ3) is 3.04. The van der Waals surface area contributed by atoms with E-state index in [1.54, 1.807) is 0 Å². The first-order valence-corrected chi connectivity index (χ1v) is 5.12. The fraction of sp³-hybridized carbons (Fsp3) is 0.727. The first kappa shape index (κ1) is 11.1. The van der Waals surface area contributed by atoms with E-state index in [1.165, 1.54) is 0 Å². The molecule has 1 unspecified atom stereocenters. The molecule has 1 heterocycles. The summed E-state index contributed by atoms with van der Waals surface area (Å²) in [5.74, 6) is 2.73. The van der Waals surface area contributed by atoms with Crippen LogP contribution in [0.15, 0.2) is 0 Å². The van der Waals surface area contributed by atoms with Crippen LogP contribution in [0.1, 0.15) is 26.2 Å². The number of hydrogen-bond donors (Lipinski definition) is 1. The van der Waals surface area contributed by atoms with Crippen molar-refractivity contribution in [3.63, 3.8) is 0 Å². The van der Waals surface area contributed by atoms with E-state index in [0.717, 1.165) is 19.3 Å². The summed E-state index contributed by atoms with van der Waals surface area (Å²) in [6.45, 7) is 3.34. The van der Waals surface area contributed by atoms with E-state index in [9.17, 15) is 4.79 Å². The maximum atomic E-state index is 11.7. The second-order valence-corrected chi connectivity index (χ2v) is 3.52. The van der Waals surface area contributed by atoms with Crippen molar-refractivity contribution >= 4 is 5.91 Å². The fourth-order valence-electron chi connectivity index (χ4n) is 1.51. The van der Waals surface area contributed by atoms with Crippen molar-refractivity contribution in [1.82, 2.24) is 5.32 Å². The Balaban J connectivity index is 2.36. The van der Waals surface area contributed by atoms with Gasteiger partial charge in [0.25, 0.3) is 0 Å². The normalized spacial score (nSPS) is 19.7. The Morgan fingerprint density at radius 1 is 1.64 bits per heavy atom. The Hall–Kier alpha value is -1.01. The molecule has 0 saturated carbocycles. The molecule has 3 nitrogen and oxygen atoms in total. The average Bonchev–Trinajstić information content (AvgIpc) is 2.26. The molecule has 1 rings (SSSR count). The van der Waals surface area contributed by atoms with Crippen LogP contribution in [0.2, 0.25) is 0 Å². The second-order valence-electron chi connectivity index (χ2n) is 3.52. The first-order valence-electron chi connectivity index (χ1n) is 5.12. The standard InChI is InChI=1S/C11H17NO2/c1-3-10(4-2)12-11(13)9-5-7-14-8-6-9/h1,9-10H,4-8H2,2H3,(H,12,13). The number of carbonyl (C=O) groups excluding carboxylic acids is 1. The van der Waals surface area contributed by atoms with Crippen molar-refractivity contribution in [2.24, 2.45) is 5.92 Å². The number of terminal acetylenes is 1. The van der Waals surface area contributed by atoms with Gasteiger partial charge in [-0.2, -0.15) is 0 Å². The highest BCUT2D eigenvalue weighted by Gasteiger charge is 2.22. The molecule has 0 aliphatic carbocycles. The van der Waals surface area contributed by atoms with Crippen LogP contribution in [0, 0.1) is 18.3 Å². The van der Waals surface area contributed by atoms with Crippen molar-refractivity contribution in [2.75, 3.05) is 13.2 Å². The van der Waals surface area contributed by atoms with E-state index >= 15 is 0 Å². The molecule has 0 aromatic rings. The highest BCUT2D eigenvalue weighted by atomic mass is 16.5. The summed E-state index contributed by atoms with van der Waals surface area (Å²) in [4.78, 5) is 11.7. The SMILES string of the molecule is C#CC(CC)NC(=O)C1CCOCC1. The van der Waals surface area contributed by atoms with Crippen LogP contribution in [0.25, 0.3) is 0 Å². The van der Waals surface area contributed by atoms with Crippen LogP contribution in [-0.2, 0) is 9.53 Å². The first-order chi connectivity index (χ1) is 6.77. The van der Waals surface area contributed by atoms with Crippen molar-refractivity contribution in [1.29, 1.82) is 0 Å². The molecular weight excluding hydrogens is 178 g/mol. The smallest absolute Gasteiger partial charge is 0.224 e. The highest BCUT2D eigenvalue weighted by Crippen LogP contribution is 2.14. The van der Waals surface area contributed by atoms with Gasteiger partial charge in [-0.25, -0.2) is 0 Å². The molecule has 0 spiro atoms. The van der Waals surface area contributed by atoms with Crippen LogP contribution in [0.3, 0.4) is 0 Å².